The van der Waals surface area contributed by atoms with Crippen molar-refractivity contribution in [1.82, 2.24) is 15.2 Å². The second-order valence-electron chi connectivity index (χ2n) is 12.1. The smallest absolute Gasteiger partial charge is 0.493 e. The van der Waals surface area contributed by atoms with Gasteiger partial charge in [-0.05, 0) is 107 Å². The Labute approximate surface area is 282 Å². The molecule has 46 heavy (non-hydrogen) atoms. The molecule has 5 rings (SSSR count). The summed E-state index contributed by atoms with van der Waals surface area (Å²) in [5.41, 5.74) is 5.07. The number of hydrogen-bond donors (Lipinski definition) is 3. The highest BCUT2D eigenvalue weighted by Crippen LogP contribution is 2.38. The number of nitrogens with zero attached hydrogens (tertiary/aromatic N) is 2. The summed E-state index contributed by atoms with van der Waals surface area (Å²) in [6.45, 7) is 4.33. The SMILES string of the molecule is Cc1ccc(OCC2CC2)cc1-c1ccc(C(=O)NC2CCCCC2)nc1-c1ccc(Cl)c(OCCCN(C)C)c1.Cl.O=C(O)O. The molecule has 2 aromatic carbocycles. The number of carboxylic acid groups (broad SMARTS) is 2. The van der Waals surface area contributed by atoms with Gasteiger partial charge in [0, 0.05) is 23.7 Å². The first kappa shape index (κ1) is 36.9. The van der Waals surface area contributed by atoms with Gasteiger partial charge in [0.1, 0.15) is 17.2 Å². The fourth-order valence-corrected chi connectivity index (χ4v) is 5.51. The summed E-state index contributed by atoms with van der Waals surface area (Å²) >= 11 is 6.55. The van der Waals surface area contributed by atoms with Gasteiger partial charge < -0.3 is 29.9 Å². The first-order chi connectivity index (χ1) is 21.6. The Morgan fingerprint density at radius 1 is 0.957 bits per heavy atom. The van der Waals surface area contributed by atoms with Crippen molar-refractivity contribution in [2.24, 2.45) is 5.92 Å². The minimum absolute atomic E-state index is 0. The van der Waals surface area contributed by atoms with Crippen LogP contribution in [0.3, 0.4) is 0 Å². The summed E-state index contributed by atoms with van der Waals surface area (Å²) in [5.74, 6) is 2.01. The zero-order valence-corrected chi connectivity index (χ0v) is 28.3. The predicted octanol–water partition coefficient (Wildman–Crippen LogP) is 8.20. The van der Waals surface area contributed by atoms with Gasteiger partial charge in [0.15, 0.2) is 0 Å². The van der Waals surface area contributed by atoms with Crippen molar-refractivity contribution in [1.29, 1.82) is 0 Å². The van der Waals surface area contributed by atoms with E-state index >= 15 is 0 Å². The van der Waals surface area contributed by atoms with Crippen LogP contribution in [-0.2, 0) is 0 Å². The van der Waals surface area contributed by atoms with Crippen molar-refractivity contribution >= 4 is 36.1 Å². The normalized spacial score (nSPS) is 14.5. The maximum Gasteiger partial charge on any atom is 0.503 e. The Morgan fingerprint density at radius 3 is 2.35 bits per heavy atom. The number of pyridine rings is 1. The van der Waals surface area contributed by atoms with Crippen LogP contribution in [0.25, 0.3) is 22.4 Å². The Kier molecular flexibility index (Phi) is 14.4. The van der Waals surface area contributed by atoms with E-state index in [4.69, 9.17) is 41.1 Å². The third kappa shape index (κ3) is 11.4. The first-order valence-electron chi connectivity index (χ1n) is 15.7. The Morgan fingerprint density at radius 2 is 1.67 bits per heavy atom. The largest absolute Gasteiger partial charge is 0.503 e. The quantitative estimate of drug-likeness (QED) is 0.165. The Bertz CT molecular complexity index is 1450. The molecule has 1 aromatic heterocycles. The molecule has 9 nitrogen and oxygen atoms in total. The number of amides is 1. The summed E-state index contributed by atoms with van der Waals surface area (Å²) in [6, 6.07) is 16.0. The second-order valence-corrected chi connectivity index (χ2v) is 12.5. The van der Waals surface area contributed by atoms with Crippen LogP contribution in [0.2, 0.25) is 5.02 Å². The van der Waals surface area contributed by atoms with Crippen molar-refractivity contribution < 1.29 is 29.3 Å². The molecule has 0 bridgehead atoms. The Hall–Kier alpha value is -3.53. The Balaban J connectivity index is 0.00000109. The maximum atomic E-state index is 13.3. The van der Waals surface area contributed by atoms with E-state index < -0.39 is 6.16 Å². The molecule has 1 amide bonds. The molecule has 0 spiro atoms. The minimum Gasteiger partial charge on any atom is -0.493 e. The van der Waals surface area contributed by atoms with Crippen molar-refractivity contribution in [3.8, 4) is 33.9 Å². The molecule has 11 heteroatoms. The summed E-state index contributed by atoms with van der Waals surface area (Å²) < 4.78 is 12.2. The highest BCUT2D eigenvalue weighted by Gasteiger charge is 2.23. The average molecular weight is 675 g/mol. The minimum atomic E-state index is -1.83. The standard InChI is InChI=1S/C34H42ClN3O3.CH2O3.ClH/c1-23-10-14-27(41-22-24-11-12-24)21-29(23)28-15-17-31(34(39)36-26-8-5-4-6-9-26)37-33(28)25-13-16-30(35)32(20-25)40-19-7-18-38(2)3;2-1(3)4;/h10,13-17,20-21,24,26H,4-9,11-12,18-19,22H2,1-3H3,(H,36,39);(H2,2,3,4);1H. The molecule has 2 aliphatic carbocycles. The van der Waals surface area contributed by atoms with Gasteiger partial charge in [-0.25, -0.2) is 9.78 Å². The number of aromatic nitrogens is 1. The number of carbonyl (C=O) groups is 2. The van der Waals surface area contributed by atoms with E-state index in [2.05, 4.69) is 29.3 Å². The molecule has 250 valence electrons. The van der Waals surface area contributed by atoms with Crippen molar-refractivity contribution in [3.05, 3.63) is 64.8 Å². The predicted molar refractivity (Wildman–Crippen MR) is 184 cm³/mol. The summed E-state index contributed by atoms with van der Waals surface area (Å²) in [5, 5.41) is 17.7. The van der Waals surface area contributed by atoms with Gasteiger partial charge in [0.2, 0.25) is 0 Å². The van der Waals surface area contributed by atoms with Gasteiger partial charge in [-0.1, -0.05) is 43.0 Å². The number of halogens is 2. The number of aryl methyl sites for hydroxylation is 1. The zero-order chi connectivity index (χ0) is 32.3. The van der Waals surface area contributed by atoms with Crippen molar-refractivity contribution in [2.45, 2.75) is 64.3 Å². The van der Waals surface area contributed by atoms with Crippen molar-refractivity contribution in [2.75, 3.05) is 33.9 Å². The molecular weight excluding hydrogens is 629 g/mol. The lowest BCUT2D eigenvalue weighted by Gasteiger charge is -2.23. The monoisotopic (exact) mass is 673 g/mol. The molecule has 1 heterocycles. The van der Waals surface area contributed by atoms with Crippen LogP contribution in [0.5, 0.6) is 11.5 Å². The lowest BCUT2D eigenvalue weighted by Crippen LogP contribution is -2.36. The van der Waals surface area contributed by atoms with Gasteiger partial charge in [-0.3, -0.25) is 4.79 Å². The molecule has 2 aliphatic rings. The molecule has 2 saturated carbocycles. The van der Waals surface area contributed by atoms with Gasteiger partial charge in [-0.15, -0.1) is 12.4 Å². The van der Waals surface area contributed by atoms with Gasteiger partial charge >= 0.3 is 6.16 Å². The topological polar surface area (TPSA) is 121 Å². The van der Waals surface area contributed by atoms with Crippen LogP contribution in [0.1, 0.15) is 67.4 Å². The maximum absolute atomic E-state index is 13.3. The fraction of sp³-hybridized carbons (Fsp3) is 0.457. The molecule has 2 fully saturated rings. The highest BCUT2D eigenvalue weighted by molar-refractivity contribution is 6.32. The molecule has 0 saturated heterocycles. The number of carbonyl (C=O) groups excluding carboxylic acids is 1. The summed E-state index contributed by atoms with van der Waals surface area (Å²) in [4.78, 5) is 29.0. The van der Waals surface area contributed by atoms with Crippen molar-refractivity contribution in [3.63, 3.8) is 0 Å². The number of benzene rings is 2. The third-order valence-corrected chi connectivity index (χ3v) is 8.27. The van der Waals surface area contributed by atoms with E-state index in [-0.39, 0.29) is 24.4 Å². The third-order valence-electron chi connectivity index (χ3n) is 7.96. The molecular formula is C35H45Cl2N3O6. The van der Waals surface area contributed by atoms with Gasteiger partial charge in [0.25, 0.3) is 5.91 Å². The van der Waals surface area contributed by atoms with Crippen LogP contribution in [0, 0.1) is 12.8 Å². The summed E-state index contributed by atoms with van der Waals surface area (Å²) in [7, 11) is 4.10. The van der Waals surface area contributed by atoms with E-state index in [1.165, 1.54) is 19.3 Å². The highest BCUT2D eigenvalue weighted by atomic mass is 35.5. The zero-order valence-electron chi connectivity index (χ0n) is 26.8. The van der Waals surface area contributed by atoms with Crippen LogP contribution >= 0.6 is 24.0 Å². The van der Waals surface area contributed by atoms with Crippen LogP contribution in [0.4, 0.5) is 4.79 Å². The fourth-order valence-electron chi connectivity index (χ4n) is 5.33. The molecule has 0 radical (unpaired) electrons. The number of ether oxygens (including phenoxy) is 2. The number of nitrogens with one attached hydrogen (secondary N) is 1. The molecule has 0 atom stereocenters. The molecule has 0 aliphatic heterocycles. The van der Waals surface area contributed by atoms with Gasteiger partial charge in [0.05, 0.1) is 23.9 Å². The average Bonchev–Trinajstić information content (AvgIpc) is 3.84. The molecule has 3 aromatic rings. The first-order valence-corrected chi connectivity index (χ1v) is 16.0. The summed E-state index contributed by atoms with van der Waals surface area (Å²) in [6.07, 6.45) is 7.14. The van der Waals surface area contributed by atoms with E-state index in [1.54, 1.807) is 0 Å². The van der Waals surface area contributed by atoms with E-state index in [0.29, 0.717) is 29.0 Å². The van der Waals surface area contributed by atoms with E-state index in [1.807, 2.05) is 50.5 Å². The van der Waals surface area contributed by atoms with Crippen LogP contribution < -0.4 is 14.8 Å². The second kappa shape index (κ2) is 18.0. The van der Waals surface area contributed by atoms with E-state index in [0.717, 1.165) is 79.0 Å². The number of hydrogen-bond acceptors (Lipinski definition) is 6. The molecule has 3 N–H and O–H groups in total. The van der Waals surface area contributed by atoms with Crippen LogP contribution in [-0.4, -0.2) is 72.1 Å². The van der Waals surface area contributed by atoms with E-state index in [9.17, 15) is 4.79 Å². The molecule has 0 unspecified atom stereocenters. The van der Waals surface area contributed by atoms with Crippen LogP contribution in [0.15, 0.2) is 48.5 Å². The lowest BCUT2D eigenvalue weighted by atomic mass is 9.94. The lowest BCUT2D eigenvalue weighted by molar-refractivity contribution is 0.0922. The number of rotatable bonds is 12. The van der Waals surface area contributed by atoms with Gasteiger partial charge in [-0.2, -0.15) is 0 Å².